The summed E-state index contributed by atoms with van der Waals surface area (Å²) in [6, 6.07) is 8.06. The molecule has 0 N–H and O–H groups in total. The van der Waals surface area contributed by atoms with Crippen molar-refractivity contribution >= 4 is 56.6 Å². The van der Waals surface area contributed by atoms with Crippen molar-refractivity contribution in [2.24, 2.45) is 0 Å². The number of hydrogen-bond donors (Lipinski definition) is 0. The average Bonchev–Trinajstić information content (AvgIpc) is 2.81. The monoisotopic (exact) mass is 582 g/mol. The minimum atomic E-state index is -3.98. The number of ether oxygens (including phenoxy) is 5. The zero-order valence-corrected chi connectivity index (χ0v) is 22.7. The molecule has 2 aromatic carbocycles. The molecule has 0 aliphatic heterocycles. The lowest BCUT2D eigenvalue weighted by atomic mass is 10.3. The normalized spacial score (nSPS) is 12.9. The largest absolute Gasteiger partial charge is 0.490 e. The second-order valence-corrected chi connectivity index (χ2v) is 10.5. The van der Waals surface area contributed by atoms with Gasteiger partial charge in [0.15, 0.2) is 11.9 Å². The van der Waals surface area contributed by atoms with E-state index < -0.39 is 34.0 Å². The molecular formula is C23H25Cl3O9S. The van der Waals surface area contributed by atoms with Gasteiger partial charge in [0.25, 0.3) is 0 Å². The molecule has 2 aromatic rings. The van der Waals surface area contributed by atoms with Crippen molar-refractivity contribution in [3.63, 3.8) is 0 Å². The van der Waals surface area contributed by atoms with Crippen molar-refractivity contribution in [2.45, 2.75) is 35.8 Å². The van der Waals surface area contributed by atoms with Gasteiger partial charge in [-0.25, -0.2) is 8.42 Å². The number of methoxy groups -OCH3 is 1. The topological polar surface area (TPSA) is 114 Å². The molecule has 0 heterocycles. The number of carbonyl (C=O) groups is 2. The van der Waals surface area contributed by atoms with E-state index in [2.05, 4.69) is 0 Å². The van der Waals surface area contributed by atoms with Crippen LogP contribution in [-0.4, -0.2) is 65.4 Å². The molecule has 0 saturated heterocycles. The molecule has 198 valence electrons. The van der Waals surface area contributed by atoms with Crippen LogP contribution >= 0.6 is 34.8 Å². The van der Waals surface area contributed by atoms with Crippen LogP contribution in [0.25, 0.3) is 0 Å². The first-order chi connectivity index (χ1) is 17.0. The average molecular weight is 584 g/mol. The lowest BCUT2D eigenvalue weighted by Crippen LogP contribution is -2.28. The standard InChI is InChI=1S/C23H25Cl3O9S/c1-14(27)34-17(10-24)12-33-23-21(25)8-20(9-22(23)26)36(29,30)19-6-4-16(5-7-19)32-13-18(11-31-3)35-15(2)28/h4-9,17-18H,10-13H2,1-3H3. The molecule has 0 bridgehead atoms. The maximum absolute atomic E-state index is 13.1. The van der Waals surface area contributed by atoms with Crippen LogP contribution in [0.4, 0.5) is 0 Å². The number of sulfone groups is 1. The summed E-state index contributed by atoms with van der Waals surface area (Å²) in [6.45, 7) is 2.55. The fourth-order valence-electron chi connectivity index (χ4n) is 2.93. The van der Waals surface area contributed by atoms with Gasteiger partial charge in [-0.3, -0.25) is 9.59 Å². The number of esters is 2. The van der Waals surface area contributed by atoms with Gasteiger partial charge in [0.2, 0.25) is 9.84 Å². The van der Waals surface area contributed by atoms with Gasteiger partial charge in [0, 0.05) is 21.0 Å². The van der Waals surface area contributed by atoms with Crippen LogP contribution in [0.5, 0.6) is 11.5 Å². The minimum Gasteiger partial charge on any atom is -0.490 e. The predicted molar refractivity (Wildman–Crippen MR) is 133 cm³/mol. The third-order valence-electron chi connectivity index (χ3n) is 4.46. The Morgan fingerprint density at radius 1 is 0.833 bits per heavy atom. The minimum absolute atomic E-state index is 0.0161. The summed E-state index contributed by atoms with van der Waals surface area (Å²) in [6.07, 6.45) is -1.35. The van der Waals surface area contributed by atoms with Crippen molar-refractivity contribution in [1.82, 2.24) is 0 Å². The molecule has 2 rings (SSSR count). The summed E-state index contributed by atoms with van der Waals surface area (Å²) in [7, 11) is -2.52. The Bertz CT molecular complexity index is 1130. The van der Waals surface area contributed by atoms with E-state index in [1.165, 1.54) is 57.4 Å². The van der Waals surface area contributed by atoms with Crippen molar-refractivity contribution in [3.8, 4) is 11.5 Å². The summed E-state index contributed by atoms with van der Waals surface area (Å²) >= 11 is 18.2. The fraction of sp³-hybridized carbons (Fsp3) is 0.391. The Kier molecular flexibility index (Phi) is 11.6. The van der Waals surface area contributed by atoms with Crippen LogP contribution in [-0.2, 0) is 33.6 Å². The van der Waals surface area contributed by atoms with Crippen LogP contribution in [0.3, 0.4) is 0 Å². The molecule has 0 radical (unpaired) electrons. The lowest BCUT2D eigenvalue weighted by Gasteiger charge is -2.17. The molecule has 9 nitrogen and oxygen atoms in total. The molecule has 0 aliphatic rings. The lowest BCUT2D eigenvalue weighted by molar-refractivity contribution is -0.150. The van der Waals surface area contributed by atoms with Crippen LogP contribution in [0, 0.1) is 0 Å². The van der Waals surface area contributed by atoms with Crippen LogP contribution < -0.4 is 9.47 Å². The Morgan fingerprint density at radius 2 is 1.36 bits per heavy atom. The fourth-order valence-corrected chi connectivity index (χ4v) is 5.12. The number of carbonyl (C=O) groups excluding carboxylic acids is 2. The predicted octanol–water partition coefficient (Wildman–Crippen LogP) is 4.33. The van der Waals surface area contributed by atoms with E-state index in [0.717, 1.165) is 0 Å². The summed E-state index contributed by atoms with van der Waals surface area (Å²) < 4.78 is 52.4. The number of halogens is 3. The Balaban J connectivity index is 2.15. The van der Waals surface area contributed by atoms with E-state index >= 15 is 0 Å². The first-order valence-electron chi connectivity index (χ1n) is 10.5. The second-order valence-electron chi connectivity index (χ2n) is 7.39. The van der Waals surface area contributed by atoms with E-state index in [0.29, 0.717) is 5.75 Å². The Hall–Kier alpha value is -2.24. The summed E-state index contributed by atoms with van der Waals surface area (Å²) in [5, 5.41) is -0.0985. The van der Waals surface area contributed by atoms with Gasteiger partial charge in [-0.15, -0.1) is 11.6 Å². The number of alkyl halides is 1. The van der Waals surface area contributed by atoms with E-state index in [1.807, 2.05) is 0 Å². The van der Waals surface area contributed by atoms with E-state index in [1.54, 1.807) is 0 Å². The van der Waals surface area contributed by atoms with Crippen molar-refractivity contribution in [2.75, 3.05) is 32.8 Å². The summed E-state index contributed by atoms with van der Waals surface area (Å²) in [4.78, 5) is 22.1. The Morgan fingerprint density at radius 3 is 1.86 bits per heavy atom. The molecule has 13 heteroatoms. The van der Waals surface area contributed by atoms with Crippen LogP contribution in [0.15, 0.2) is 46.2 Å². The molecule has 0 amide bonds. The van der Waals surface area contributed by atoms with Gasteiger partial charge in [0.1, 0.15) is 25.1 Å². The molecule has 0 fully saturated rings. The second kappa shape index (κ2) is 13.9. The third kappa shape index (κ3) is 8.70. The molecular weight excluding hydrogens is 559 g/mol. The summed E-state index contributed by atoms with van der Waals surface area (Å²) in [5.41, 5.74) is 0. The molecule has 2 atom stereocenters. The first-order valence-corrected chi connectivity index (χ1v) is 13.2. The summed E-state index contributed by atoms with van der Waals surface area (Å²) in [5.74, 6) is -0.624. The zero-order valence-electron chi connectivity index (χ0n) is 19.7. The highest BCUT2D eigenvalue weighted by Crippen LogP contribution is 2.37. The van der Waals surface area contributed by atoms with Crippen molar-refractivity contribution < 1.29 is 41.7 Å². The zero-order chi connectivity index (χ0) is 26.9. The smallest absolute Gasteiger partial charge is 0.303 e. The molecule has 0 aromatic heterocycles. The highest BCUT2D eigenvalue weighted by molar-refractivity contribution is 7.91. The molecule has 0 saturated carbocycles. The number of hydrogen-bond acceptors (Lipinski definition) is 9. The third-order valence-corrected chi connectivity index (χ3v) is 7.11. The van der Waals surface area contributed by atoms with Crippen LogP contribution in [0.1, 0.15) is 13.8 Å². The molecule has 0 aliphatic carbocycles. The van der Waals surface area contributed by atoms with E-state index in [9.17, 15) is 18.0 Å². The first kappa shape index (κ1) is 30.0. The molecule has 2 unspecified atom stereocenters. The highest BCUT2D eigenvalue weighted by Gasteiger charge is 2.23. The van der Waals surface area contributed by atoms with Gasteiger partial charge in [-0.2, -0.15) is 0 Å². The molecule has 0 spiro atoms. The molecule has 36 heavy (non-hydrogen) atoms. The van der Waals surface area contributed by atoms with Gasteiger partial charge in [-0.05, 0) is 36.4 Å². The highest BCUT2D eigenvalue weighted by atomic mass is 35.5. The van der Waals surface area contributed by atoms with Gasteiger partial charge in [-0.1, -0.05) is 23.2 Å². The van der Waals surface area contributed by atoms with Crippen molar-refractivity contribution in [3.05, 3.63) is 46.4 Å². The van der Waals surface area contributed by atoms with Gasteiger partial charge >= 0.3 is 11.9 Å². The number of rotatable bonds is 13. The van der Waals surface area contributed by atoms with E-state index in [-0.39, 0.29) is 51.3 Å². The van der Waals surface area contributed by atoms with Crippen molar-refractivity contribution in [1.29, 1.82) is 0 Å². The maximum atomic E-state index is 13.1. The van der Waals surface area contributed by atoms with Gasteiger partial charge in [0.05, 0.1) is 32.3 Å². The maximum Gasteiger partial charge on any atom is 0.303 e. The van der Waals surface area contributed by atoms with Gasteiger partial charge < -0.3 is 23.7 Å². The Labute approximate surface area is 224 Å². The van der Waals surface area contributed by atoms with Crippen LogP contribution in [0.2, 0.25) is 10.0 Å². The SMILES string of the molecule is COCC(COc1ccc(S(=O)(=O)c2cc(Cl)c(OCC(CCl)OC(C)=O)c(Cl)c2)cc1)OC(C)=O. The number of benzene rings is 2. The quantitative estimate of drug-likeness (QED) is 0.251. The van der Waals surface area contributed by atoms with E-state index in [4.69, 9.17) is 58.5 Å².